The van der Waals surface area contributed by atoms with Crippen LogP contribution in [0.4, 0.5) is 0 Å². The molecule has 0 radical (unpaired) electrons. The molecule has 1 unspecified atom stereocenters. The minimum absolute atomic E-state index is 0.125. The van der Waals surface area contributed by atoms with Crippen molar-refractivity contribution in [2.45, 2.75) is 32.1 Å². The van der Waals surface area contributed by atoms with Gasteiger partial charge < -0.3 is 0 Å². The average Bonchev–Trinajstić information content (AvgIpc) is 1.88. The smallest absolute Gasteiger partial charge is 0.0537 e. The zero-order chi connectivity index (χ0) is 7.56. The van der Waals surface area contributed by atoms with Gasteiger partial charge in [0.15, 0.2) is 0 Å². The van der Waals surface area contributed by atoms with Gasteiger partial charge >= 0.3 is 0 Å². The van der Waals surface area contributed by atoms with E-state index < -0.39 is 0 Å². The fourth-order valence-electron chi connectivity index (χ4n) is 0.838. The predicted molar refractivity (Wildman–Crippen MR) is 32.2 cm³/mol. The minimum Gasteiger partial charge on any atom is -0.0999 e. The van der Waals surface area contributed by atoms with Gasteiger partial charge in [0.25, 0.3) is 0 Å². The standard InChI is InChI=1S/C7H12/c1-7-5-3-2-4-6-7/h1-6H2/i1D2,5D. The Morgan fingerprint density at radius 1 is 1.57 bits per heavy atom. The second-order valence-corrected chi connectivity index (χ2v) is 1.98. The van der Waals surface area contributed by atoms with Gasteiger partial charge in [-0.2, -0.15) is 0 Å². The van der Waals surface area contributed by atoms with Gasteiger partial charge in [-0.25, -0.2) is 0 Å². The second kappa shape index (κ2) is 2.15. The molecule has 1 aliphatic carbocycles. The van der Waals surface area contributed by atoms with E-state index in [1.54, 1.807) is 0 Å². The summed E-state index contributed by atoms with van der Waals surface area (Å²) < 4.78 is 21.5. The third-order valence-corrected chi connectivity index (χ3v) is 1.29. The summed E-state index contributed by atoms with van der Waals surface area (Å²) in [6.45, 7) is -0.125. The van der Waals surface area contributed by atoms with Crippen molar-refractivity contribution < 1.29 is 4.11 Å². The highest BCUT2D eigenvalue weighted by atomic mass is 14.1. The lowest BCUT2D eigenvalue weighted by Gasteiger charge is -2.10. The van der Waals surface area contributed by atoms with Crippen molar-refractivity contribution in [3.63, 3.8) is 0 Å². The number of allylic oxidation sites excluding steroid dienone is 1. The SMILES string of the molecule is [2H]C([2H])=C1CCCCC1[2H]. The van der Waals surface area contributed by atoms with Crippen LogP contribution in [0.1, 0.15) is 36.2 Å². The summed E-state index contributed by atoms with van der Waals surface area (Å²) in [6.07, 6.45) is 3.54. The van der Waals surface area contributed by atoms with E-state index in [9.17, 15) is 0 Å². The van der Waals surface area contributed by atoms with Crippen molar-refractivity contribution in [1.29, 1.82) is 0 Å². The summed E-state index contributed by atoms with van der Waals surface area (Å²) in [5.74, 6) is 0. The summed E-state index contributed by atoms with van der Waals surface area (Å²) in [4.78, 5) is 0. The van der Waals surface area contributed by atoms with Gasteiger partial charge in [-0.15, -0.1) is 0 Å². The van der Waals surface area contributed by atoms with Crippen LogP contribution >= 0.6 is 0 Å². The normalized spacial score (nSPS) is 38.6. The Morgan fingerprint density at radius 2 is 2.57 bits per heavy atom. The van der Waals surface area contributed by atoms with Crippen LogP contribution in [-0.2, 0) is 0 Å². The molecule has 0 aromatic rings. The zero-order valence-corrected chi connectivity index (χ0v) is 4.41. The first kappa shape index (κ1) is 2.34. The molecule has 0 aliphatic heterocycles. The fraction of sp³-hybridized carbons (Fsp3) is 0.714. The van der Waals surface area contributed by atoms with E-state index in [4.69, 9.17) is 4.11 Å². The molecule has 0 bridgehead atoms. The van der Waals surface area contributed by atoms with Crippen LogP contribution in [0.3, 0.4) is 0 Å². The molecule has 40 valence electrons. The van der Waals surface area contributed by atoms with Crippen molar-refractivity contribution in [2.75, 3.05) is 0 Å². The number of hydrogen-bond acceptors (Lipinski definition) is 0. The van der Waals surface area contributed by atoms with Gasteiger partial charge in [0.2, 0.25) is 0 Å². The average molecular weight is 99.2 g/mol. The molecule has 0 amide bonds. The van der Waals surface area contributed by atoms with E-state index in [-0.39, 0.29) is 12.9 Å². The molecule has 7 heavy (non-hydrogen) atoms. The minimum atomic E-state index is -0.251. The highest BCUT2D eigenvalue weighted by Crippen LogP contribution is 2.20. The van der Waals surface area contributed by atoms with Gasteiger partial charge in [-0.05, 0) is 25.7 Å². The molecule has 0 heterocycles. The van der Waals surface area contributed by atoms with Crippen molar-refractivity contribution in [3.05, 3.63) is 12.1 Å². The topological polar surface area (TPSA) is 0 Å². The summed E-state index contributed by atoms with van der Waals surface area (Å²) in [7, 11) is 0. The van der Waals surface area contributed by atoms with Crippen LogP contribution in [-0.4, -0.2) is 0 Å². The Labute approximate surface area is 49.4 Å². The summed E-state index contributed by atoms with van der Waals surface area (Å²) in [6, 6.07) is 0. The van der Waals surface area contributed by atoms with Crippen molar-refractivity contribution in [2.24, 2.45) is 0 Å². The Bertz CT molecular complexity index is 147. The van der Waals surface area contributed by atoms with Crippen LogP contribution in [0.2, 0.25) is 0 Å². The molecular weight excluding hydrogens is 84.1 g/mol. The van der Waals surface area contributed by atoms with E-state index in [0.29, 0.717) is 0 Å². The molecule has 1 saturated carbocycles. The van der Waals surface area contributed by atoms with Gasteiger partial charge in [0, 0.05) is 1.37 Å². The molecule has 1 rings (SSSR count). The molecule has 1 atom stereocenters. The van der Waals surface area contributed by atoms with Gasteiger partial charge in [0.05, 0.1) is 2.74 Å². The quantitative estimate of drug-likeness (QED) is 0.409. The molecule has 1 aliphatic rings. The Kier molecular flexibility index (Phi) is 0.720. The summed E-state index contributed by atoms with van der Waals surface area (Å²) in [5.41, 5.74) is 0.728. The van der Waals surface area contributed by atoms with Crippen LogP contribution in [0, 0.1) is 0 Å². The van der Waals surface area contributed by atoms with Crippen molar-refractivity contribution in [1.82, 2.24) is 0 Å². The molecule has 0 aromatic heterocycles. The lowest BCUT2D eigenvalue weighted by molar-refractivity contribution is 0.601. The highest BCUT2D eigenvalue weighted by molar-refractivity contribution is 4.95. The maximum Gasteiger partial charge on any atom is 0.0537 e. The lowest BCUT2D eigenvalue weighted by Crippen LogP contribution is -1.90. The van der Waals surface area contributed by atoms with Crippen LogP contribution in [0.5, 0.6) is 0 Å². The summed E-state index contributed by atoms with van der Waals surface area (Å²) in [5, 5.41) is 0. The van der Waals surface area contributed by atoms with Crippen LogP contribution in [0.15, 0.2) is 12.1 Å². The zero-order valence-electron chi connectivity index (χ0n) is 7.41. The third-order valence-electron chi connectivity index (χ3n) is 1.29. The molecule has 0 saturated heterocycles. The fourth-order valence-corrected chi connectivity index (χ4v) is 0.838. The van der Waals surface area contributed by atoms with Gasteiger partial charge in [-0.1, -0.05) is 18.5 Å². The van der Waals surface area contributed by atoms with Crippen LogP contribution < -0.4 is 0 Å². The van der Waals surface area contributed by atoms with E-state index in [0.717, 1.165) is 31.3 Å². The monoisotopic (exact) mass is 99.1 g/mol. The molecule has 0 heteroatoms. The molecule has 0 spiro atoms. The third kappa shape index (κ3) is 1.34. The van der Waals surface area contributed by atoms with E-state index in [1.807, 2.05) is 0 Å². The Morgan fingerprint density at radius 3 is 3.14 bits per heavy atom. The Hall–Kier alpha value is -0.260. The maximum atomic E-state index is 7.46. The van der Waals surface area contributed by atoms with Gasteiger partial charge in [0.1, 0.15) is 0 Å². The second-order valence-electron chi connectivity index (χ2n) is 1.98. The van der Waals surface area contributed by atoms with E-state index in [1.165, 1.54) is 0 Å². The van der Waals surface area contributed by atoms with Crippen molar-refractivity contribution in [3.8, 4) is 0 Å². The summed E-state index contributed by atoms with van der Waals surface area (Å²) >= 11 is 0. The maximum absolute atomic E-state index is 7.46. The lowest BCUT2D eigenvalue weighted by atomic mass is 9.97. The van der Waals surface area contributed by atoms with E-state index >= 15 is 0 Å². The van der Waals surface area contributed by atoms with E-state index in [2.05, 4.69) is 0 Å². The molecule has 0 aromatic carbocycles. The predicted octanol–water partition coefficient (Wildman–Crippen LogP) is 2.51. The Balaban J connectivity index is 2.65. The van der Waals surface area contributed by atoms with Crippen LogP contribution in [0.25, 0.3) is 0 Å². The number of rotatable bonds is 0. The highest BCUT2D eigenvalue weighted by Gasteiger charge is 2.00. The first-order valence-electron chi connectivity index (χ1n) is 4.38. The molecular formula is C7H12. The molecule has 0 nitrogen and oxygen atoms in total. The van der Waals surface area contributed by atoms with Gasteiger partial charge in [-0.3, -0.25) is 0 Å². The number of hydrogen-bond donors (Lipinski definition) is 0. The molecule has 1 fully saturated rings. The molecule has 0 N–H and O–H groups in total. The largest absolute Gasteiger partial charge is 0.0999 e. The first-order chi connectivity index (χ1) is 4.72. The first-order valence-corrected chi connectivity index (χ1v) is 2.80. The van der Waals surface area contributed by atoms with Crippen molar-refractivity contribution >= 4 is 0 Å².